The van der Waals surface area contributed by atoms with Crippen LogP contribution >= 0.6 is 11.8 Å². The molecule has 1 N–H and O–H groups in total. The van der Waals surface area contributed by atoms with Gasteiger partial charge in [0.2, 0.25) is 0 Å². The third-order valence-electron chi connectivity index (χ3n) is 1.48. The second-order valence-corrected chi connectivity index (χ2v) is 3.31. The fraction of sp³-hybridized carbons (Fsp3) is 1.00. The number of hydrogen-bond acceptors (Lipinski definition) is 2. The van der Waals surface area contributed by atoms with Crippen molar-refractivity contribution < 1.29 is 0 Å². The van der Waals surface area contributed by atoms with Crippen LogP contribution in [-0.2, 0) is 0 Å². The fourth-order valence-corrected chi connectivity index (χ4v) is 1.13. The van der Waals surface area contributed by atoms with E-state index >= 15 is 0 Å². The predicted octanol–water partition coefficient (Wildman–Crippen LogP) is 1.74. The summed E-state index contributed by atoms with van der Waals surface area (Å²) in [7, 11) is 2.02. The van der Waals surface area contributed by atoms with E-state index in [9.17, 15) is 0 Å². The molecule has 56 valence electrons. The Hall–Kier alpha value is 0.310. The smallest absolute Gasteiger partial charge is 0.00360 e. The first kappa shape index (κ1) is 9.31. The maximum absolute atomic E-state index is 3.21. The van der Waals surface area contributed by atoms with Gasteiger partial charge >= 0.3 is 0 Å². The zero-order valence-electron chi connectivity index (χ0n) is 6.61. The highest BCUT2D eigenvalue weighted by Crippen LogP contribution is 2.01. The Kier molecular flexibility index (Phi) is 6.65. The first-order valence-corrected chi connectivity index (χ1v) is 4.87. The van der Waals surface area contributed by atoms with Crippen molar-refractivity contribution in [1.29, 1.82) is 0 Å². The molecular formula is C7H17NS. The van der Waals surface area contributed by atoms with Gasteiger partial charge in [0.05, 0.1) is 0 Å². The Morgan fingerprint density at radius 3 is 2.67 bits per heavy atom. The predicted molar refractivity (Wildman–Crippen MR) is 46.1 cm³/mol. The van der Waals surface area contributed by atoms with E-state index in [0.29, 0.717) is 6.04 Å². The molecule has 0 aromatic carbocycles. The summed E-state index contributed by atoms with van der Waals surface area (Å²) in [6.07, 6.45) is 4.80. The van der Waals surface area contributed by atoms with Gasteiger partial charge in [0, 0.05) is 6.04 Å². The quantitative estimate of drug-likeness (QED) is 0.594. The summed E-state index contributed by atoms with van der Waals surface area (Å²) >= 11 is 1.93. The van der Waals surface area contributed by atoms with Crippen molar-refractivity contribution in [1.82, 2.24) is 5.32 Å². The van der Waals surface area contributed by atoms with Crippen LogP contribution in [0.4, 0.5) is 0 Å². The minimum Gasteiger partial charge on any atom is -0.317 e. The molecule has 0 heterocycles. The molecule has 0 radical (unpaired) electrons. The van der Waals surface area contributed by atoms with Crippen LogP contribution in [0, 0.1) is 0 Å². The molecule has 0 aliphatic rings. The Balaban J connectivity index is 2.88. The zero-order valence-corrected chi connectivity index (χ0v) is 7.42. The van der Waals surface area contributed by atoms with Gasteiger partial charge in [0.1, 0.15) is 0 Å². The maximum Gasteiger partial charge on any atom is 0.00360 e. The summed E-state index contributed by atoms with van der Waals surface area (Å²) < 4.78 is 0. The number of thioether (sulfide) groups is 1. The van der Waals surface area contributed by atoms with Gasteiger partial charge in [-0.3, -0.25) is 0 Å². The molecule has 0 saturated carbocycles. The van der Waals surface area contributed by atoms with Crippen LogP contribution in [0.25, 0.3) is 0 Å². The van der Waals surface area contributed by atoms with E-state index < -0.39 is 0 Å². The molecule has 0 aliphatic heterocycles. The molecule has 0 aromatic rings. The third-order valence-corrected chi connectivity index (χ3v) is 2.18. The van der Waals surface area contributed by atoms with Crippen LogP contribution in [0.5, 0.6) is 0 Å². The van der Waals surface area contributed by atoms with E-state index in [2.05, 4.69) is 18.5 Å². The Labute approximate surface area is 62.6 Å². The molecular weight excluding hydrogens is 130 g/mol. The van der Waals surface area contributed by atoms with E-state index in [4.69, 9.17) is 0 Å². The highest BCUT2D eigenvalue weighted by Gasteiger charge is 1.94. The molecule has 2 heteroatoms. The van der Waals surface area contributed by atoms with Gasteiger partial charge < -0.3 is 5.32 Å². The molecule has 0 aromatic heterocycles. The summed E-state index contributed by atoms with van der Waals surface area (Å²) in [4.78, 5) is 0. The number of hydrogen-bond donors (Lipinski definition) is 1. The lowest BCUT2D eigenvalue weighted by Crippen LogP contribution is -2.20. The second kappa shape index (κ2) is 6.43. The van der Waals surface area contributed by atoms with Gasteiger partial charge in [0.25, 0.3) is 0 Å². The molecule has 9 heavy (non-hydrogen) atoms. The first-order valence-electron chi connectivity index (χ1n) is 3.47. The van der Waals surface area contributed by atoms with Crippen LogP contribution in [0.3, 0.4) is 0 Å². The summed E-state index contributed by atoms with van der Waals surface area (Å²) in [6, 6.07) is 0.692. The van der Waals surface area contributed by atoms with Gasteiger partial charge in [-0.05, 0) is 38.8 Å². The molecule has 0 amide bonds. The largest absolute Gasteiger partial charge is 0.317 e. The lowest BCUT2D eigenvalue weighted by molar-refractivity contribution is 0.559. The Morgan fingerprint density at radius 1 is 1.56 bits per heavy atom. The number of nitrogens with one attached hydrogen (secondary N) is 1. The molecule has 1 atom stereocenters. The minimum absolute atomic E-state index is 0.692. The van der Waals surface area contributed by atoms with Crippen LogP contribution in [-0.4, -0.2) is 25.1 Å². The van der Waals surface area contributed by atoms with Crippen LogP contribution in [0.15, 0.2) is 0 Å². The Morgan fingerprint density at radius 2 is 2.22 bits per heavy atom. The van der Waals surface area contributed by atoms with E-state index in [0.717, 1.165) is 0 Å². The van der Waals surface area contributed by atoms with E-state index in [1.807, 2.05) is 18.8 Å². The van der Waals surface area contributed by atoms with Gasteiger partial charge in [-0.2, -0.15) is 11.8 Å². The molecule has 0 saturated heterocycles. The zero-order chi connectivity index (χ0) is 7.11. The molecule has 0 aliphatic carbocycles. The van der Waals surface area contributed by atoms with Crippen molar-refractivity contribution in [2.45, 2.75) is 25.8 Å². The monoisotopic (exact) mass is 147 g/mol. The minimum atomic E-state index is 0.692. The normalized spacial score (nSPS) is 13.7. The van der Waals surface area contributed by atoms with Crippen molar-refractivity contribution >= 4 is 11.8 Å². The lowest BCUT2D eigenvalue weighted by atomic mass is 10.2. The summed E-state index contributed by atoms with van der Waals surface area (Å²) in [5, 5.41) is 3.21. The van der Waals surface area contributed by atoms with Crippen molar-refractivity contribution in [3.05, 3.63) is 0 Å². The summed E-state index contributed by atoms with van der Waals surface area (Å²) in [6.45, 7) is 2.22. The van der Waals surface area contributed by atoms with Gasteiger partial charge in [-0.1, -0.05) is 0 Å². The second-order valence-electron chi connectivity index (χ2n) is 2.32. The highest BCUT2D eigenvalue weighted by atomic mass is 32.2. The van der Waals surface area contributed by atoms with Gasteiger partial charge in [-0.25, -0.2) is 0 Å². The SMILES string of the molecule is CNC(C)CCCSC. The molecule has 0 fully saturated rings. The van der Waals surface area contributed by atoms with Crippen LogP contribution in [0.2, 0.25) is 0 Å². The average Bonchev–Trinajstić information content (AvgIpc) is 1.89. The maximum atomic E-state index is 3.21. The topological polar surface area (TPSA) is 12.0 Å². The third kappa shape index (κ3) is 6.19. The van der Waals surface area contributed by atoms with Gasteiger partial charge in [-0.15, -0.1) is 0 Å². The lowest BCUT2D eigenvalue weighted by Gasteiger charge is -2.07. The highest BCUT2D eigenvalue weighted by molar-refractivity contribution is 7.98. The molecule has 1 unspecified atom stereocenters. The van der Waals surface area contributed by atoms with Crippen molar-refractivity contribution in [2.24, 2.45) is 0 Å². The molecule has 1 nitrogen and oxygen atoms in total. The van der Waals surface area contributed by atoms with E-state index in [1.165, 1.54) is 18.6 Å². The van der Waals surface area contributed by atoms with Crippen molar-refractivity contribution in [3.8, 4) is 0 Å². The Bertz CT molecular complexity index is 56.9. The van der Waals surface area contributed by atoms with Crippen molar-refractivity contribution in [2.75, 3.05) is 19.1 Å². The summed E-state index contributed by atoms with van der Waals surface area (Å²) in [5.41, 5.74) is 0. The average molecular weight is 147 g/mol. The standard InChI is InChI=1S/C7H17NS/c1-7(8-2)5-4-6-9-3/h7-8H,4-6H2,1-3H3. The van der Waals surface area contributed by atoms with Crippen LogP contribution in [0.1, 0.15) is 19.8 Å². The van der Waals surface area contributed by atoms with Crippen molar-refractivity contribution in [3.63, 3.8) is 0 Å². The molecule has 0 rings (SSSR count). The first-order chi connectivity index (χ1) is 4.31. The van der Waals surface area contributed by atoms with Gasteiger partial charge in [0.15, 0.2) is 0 Å². The van der Waals surface area contributed by atoms with Crippen LogP contribution < -0.4 is 5.32 Å². The van der Waals surface area contributed by atoms with E-state index in [-0.39, 0.29) is 0 Å². The number of rotatable bonds is 5. The molecule has 0 bridgehead atoms. The summed E-state index contributed by atoms with van der Waals surface area (Å²) in [5.74, 6) is 1.30. The van der Waals surface area contributed by atoms with E-state index in [1.54, 1.807) is 0 Å². The molecule has 0 spiro atoms. The fourth-order valence-electron chi connectivity index (χ4n) is 0.678.